The van der Waals surface area contributed by atoms with Crippen LogP contribution in [-0.2, 0) is 13.1 Å². The number of aromatic nitrogens is 1. The molecule has 1 aromatic heterocycles. The van der Waals surface area contributed by atoms with Crippen molar-refractivity contribution in [1.82, 2.24) is 4.57 Å². The number of nitrogens with one attached hydrogen (secondary N) is 1. The number of anilines is 1. The molecule has 1 N–H and O–H groups in total. The van der Waals surface area contributed by atoms with Crippen LogP contribution >= 0.6 is 11.6 Å². The summed E-state index contributed by atoms with van der Waals surface area (Å²) >= 11 is 6.25. The van der Waals surface area contributed by atoms with Gasteiger partial charge in [-0.05, 0) is 36.6 Å². The first-order valence-corrected chi connectivity index (χ1v) is 6.72. The Morgan fingerprint density at radius 3 is 2.89 bits per heavy atom. The van der Waals surface area contributed by atoms with E-state index in [9.17, 15) is 0 Å². The van der Waals surface area contributed by atoms with Crippen LogP contribution < -0.4 is 5.32 Å². The van der Waals surface area contributed by atoms with Crippen LogP contribution in [0, 0.1) is 6.92 Å². The predicted octanol–water partition coefficient (Wildman–Crippen LogP) is 4.47. The maximum absolute atomic E-state index is 6.25. The Labute approximate surface area is 114 Å². The largest absolute Gasteiger partial charge is 0.380 e. The van der Waals surface area contributed by atoms with Gasteiger partial charge < -0.3 is 9.88 Å². The third-order valence-electron chi connectivity index (χ3n) is 2.97. The highest BCUT2D eigenvalue weighted by molar-refractivity contribution is 6.33. The monoisotopic (exact) mass is 262 g/mol. The van der Waals surface area contributed by atoms with Crippen LogP contribution in [0.25, 0.3) is 0 Å². The van der Waals surface area contributed by atoms with Gasteiger partial charge in [-0.15, -0.1) is 0 Å². The van der Waals surface area contributed by atoms with Crippen molar-refractivity contribution in [3.8, 4) is 0 Å². The van der Waals surface area contributed by atoms with E-state index in [2.05, 4.69) is 35.3 Å². The molecule has 0 saturated carbocycles. The summed E-state index contributed by atoms with van der Waals surface area (Å²) < 4.78 is 2.22. The van der Waals surface area contributed by atoms with Gasteiger partial charge in [0, 0.05) is 25.5 Å². The van der Waals surface area contributed by atoms with Crippen LogP contribution in [0.4, 0.5) is 5.69 Å². The summed E-state index contributed by atoms with van der Waals surface area (Å²) in [6, 6.07) is 8.20. The van der Waals surface area contributed by atoms with Gasteiger partial charge >= 0.3 is 0 Å². The van der Waals surface area contributed by atoms with E-state index in [-0.39, 0.29) is 0 Å². The van der Waals surface area contributed by atoms with Gasteiger partial charge in [-0.1, -0.05) is 30.7 Å². The topological polar surface area (TPSA) is 17.0 Å². The molecule has 96 valence electrons. The van der Waals surface area contributed by atoms with Crippen LogP contribution in [0.3, 0.4) is 0 Å². The van der Waals surface area contributed by atoms with Crippen LogP contribution in [0.2, 0.25) is 5.02 Å². The van der Waals surface area contributed by atoms with E-state index < -0.39 is 0 Å². The van der Waals surface area contributed by atoms with Gasteiger partial charge in [-0.3, -0.25) is 0 Å². The van der Waals surface area contributed by atoms with E-state index in [4.69, 9.17) is 11.6 Å². The lowest BCUT2D eigenvalue weighted by molar-refractivity contribution is 0.682. The Hall–Kier alpha value is -1.41. The van der Waals surface area contributed by atoms with Gasteiger partial charge in [-0.25, -0.2) is 0 Å². The molecule has 1 heterocycles. The fraction of sp³-hybridized carbons (Fsp3) is 0.333. The van der Waals surface area contributed by atoms with Crippen LogP contribution in [0.15, 0.2) is 36.7 Å². The number of hydrogen-bond acceptors (Lipinski definition) is 1. The number of nitrogens with zero attached hydrogens (tertiary/aromatic N) is 1. The lowest BCUT2D eigenvalue weighted by Crippen LogP contribution is -2.00. The second-order valence-electron chi connectivity index (χ2n) is 4.55. The first-order chi connectivity index (χ1) is 8.70. The molecule has 0 radical (unpaired) electrons. The highest BCUT2D eigenvalue weighted by atomic mass is 35.5. The molecular formula is C15H19ClN2. The summed E-state index contributed by atoms with van der Waals surface area (Å²) in [6.07, 6.45) is 5.46. The van der Waals surface area contributed by atoms with E-state index in [1.54, 1.807) is 0 Å². The van der Waals surface area contributed by atoms with Crippen molar-refractivity contribution in [3.63, 3.8) is 0 Å². The Morgan fingerprint density at radius 2 is 2.11 bits per heavy atom. The highest BCUT2D eigenvalue weighted by Crippen LogP contribution is 2.25. The normalized spacial score (nSPS) is 10.6. The third-order valence-corrected chi connectivity index (χ3v) is 3.47. The minimum Gasteiger partial charge on any atom is -0.380 e. The SMILES string of the molecule is CCCn1ccc(CNc2cccc(C)c2Cl)c1. The average molecular weight is 263 g/mol. The predicted molar refractivity (Wildman–Crippen MR) is 78.2 cm³/mol. The fourth-order valence-corrected chi connectivity index (χ4v) is 2.17. The van der Waals surface area contributed by atoms with Gasteiger partial charge in [0.1, 0.15) is 0 Å². The Bertz CT molecular complexity index is 517. The van der Waals surface area contributed by atoms with E-state index in [1.165, 1.54) is 5.56 Å². The van der Waals surface area contributed by atoms with Crippen molar-refractivity contribution in [3.05, 3.63) is 52.8 Å². The number of benzene rings is 1. The first-order valence-electron chi connectivity index (χ1n) is 6.34. The van der Waals surface area contributed by atoms with Gasteiger partial charge in [-0.2, -0.15) is 0 Å². The molecule has 0 aliphatic rings. The summed E-state index contributed by atoms with van der Waals surface area (Å²) in [4.78, 5) is 0. The lowest BCUT2D eigenvalue weighted by atomic mass is 10.2. The molecule has 2 aromatic rings. The minimum atomic E-state index is 0.805. The first kappa shape index (κ1) is 13.0. The zero-order valence-corrected chi connectivity index (χ0v) is 11.7. The summed E-state index contributed by atoms with van der Waals surface area (Å²) in [5, 5.41) is 4.19. The third kappa shape index (κ3) is 3.08. The molecule has 18 heavy (non-hydrogen) atoms. The molecule has 0 aliphatic carbocycles. The van der Waals surface area contributed by atoms with Crippen molar-refractivity contribution in [1.29, 1.82) is 0 Å². The molecule has 0 amide bonds. The molecule has 2 rings (SSSR count). The van der Waals surface area contributed by atoms with Crippen LogP contribution in [0.5, 0.6) is 0 Å². The zero-order chi connectivity index (χ0) is 13.0. The molecule has 3 heteroatoms. The van der Waals surface area contributed by atoms with Crippen molar-refractivity contribution in [2.24, 2.45) is 0 Å². The van der Waals surface area contributed by atoms with Crippen molar-refractivity contribution in [2.75, 3.05) is 5.32 Å². The fourth-order valence-electron chi connectivity index (χ4n) is 1.97. The molecule has 0 bridgehead atoms. The number of rotatable bonds is 5. The zero-order valence-electron chi connectivity index (χ0n) is 10.9. The van der Waals surface area contributed by atoms with Crippen molar-refractivity contribution in [2.45, 2.75) is 33.4 Å². The Balaban J connectivity index is 2.00. The van der Waals surface area contributed by atoms with E-state index in [0.29, 0.717) is 0 Å². The van der Waals surface area contributed by atoms with E-state index in [1.807, 2.05) is 25.1 Å². The van der Waals surface area contributed by atoms with Crippen LogP contribution in [0.1, 0.15) is 24.5 Å². The second kappa shape index (κ2) is 5.96. The van der Waals surface area contributed by atoms with E-state index in [0.717, 1.165) is 35.8 Å². The number of hydrogen-bond donors (Lipinski definition) is 1. The summed E-state index contributed by atoms with van der Waals surface area (Å²) in [7, 11) is 0. The molecule has 1 aromatic carbocycles. The van der Waals surface area contributed by atoms with Gasteiger partial charge in [0.2, 0.25) is 0 Å². The quantitative estimate of drug-likeness (QED) is 0.841. The van der Waals surface area contributed by atoms with E-state index >= 15 is 0 Å². The maximum Gasteiger partial charge on any atom is 0.0666 e. The maximum atomic E-state index is 6.25. The molecule has 0 atom stereocenters. The molecule has 0 saturated heterocycles. The molecule has 2 nitrogen and oxygen atoms in total. The molecule has 0 aliphatic heterocycles. The van der Waals surface area contributed by atoms with Crippen LogP contribution in [-0.4, -0.2) is 4.57 Å². The van der Waals surface area contributed by atoms with Crippen molar-refractivity contribution < 1.29 is 0 Å². The van der Waals surface area contributed by atoms with Gasteiger partial charge in [0.15, 0.2) is 0 Å². The second-order valence-corrected chi connectivity index (χ2v) is 4.93. The molecule has 0 unspecified atom stereocenters. The summed E-state index contributed by atoms with van der Waals surface area (Å²) in [5.41, 5.74) is 3.38. The molecule has 0 spiro atoms. The summed E-state index contributed by atoms with van der Waals surface area (Å²) in [6.45, 7) is 6.08. The smallest absolute Gasteiger partial charge is 0.0666 e. The number of aryl methyl sites for hydroxylation is 2. The number of halogens is 1. The highest BCUT2D eigenvalue weighted by Gasteiger charge is 2.02. The minimum absolute atomic E-state index is 0.805. The molecule has 0 fully saturated rings. The standard InChI is InChI=1S/C15H19ClN2/c1-3-8-18-9-7-13(11-18)10-17-14-6-4-5-12(2)15(14)16/h4-7,9,11,17H,3,8,10H2,1-2H3. The van der Waals surface area contributed by atoms with Gasteiger partial charge in [0.25, 0.3) is 0 Å². The van der Waals surface area contributed by atoms with Gasteiger partial charge in [0.05, 0.1) is 10.7 Å². The summed E-state index contributed by atoms with van der Waals surface area (Å²) in [5.74, 6) is 0. The average Bonchev–Trinajstić information content (AvgIpc) is 2.79. The Kier molecular flexibility index (Phi) is 4.32. The lowest BCUT2D eigenvalue weighted by Gasteiger charge is -2.09. The molecular weight excluding hydrogens is 244 g/mol. The Morgan fingerprint density at radius 1 is 1.28 bits per heavy atom. The van der Waals surface area contributed by atoms with Crippen molar-refractivity contribution >= 4 is 17.3 Å².